The number of nitrogens with zero attached hydrogens (tertiary/aromatic N) is 2. The number of nitriles is 1. The Labute approximate surface area is 199 Å². The highest BCUT2D eigenvalue weighted by Crippen LogP contribution is 2.52. The van der Waals surface area contributed by atoms with Gasteiger partial charge in [-0.1, -0.05) is 19.9 Å². The van der Waals surface area contributed by atoms with E-state index < -0.39 is 5.92 Å². The quantitative estimate of drug-likeness (QED) is 0.640. The van der Waals surface area contributed by atoms with Crippen LogP contribution in [0.4, 0.5) is 5.69 Å². The maximum Gasteiger partial charge on any atom is 0.232 e. The summed E-state index contributed by atoms with van der Waals surface area (Å²) in [4.78, 5) is 28.8. The summed E-state index contributed by atoms with van der Waals surface area (Å²) in [7, 11) is 4.61. The van der Waals surface area contributed by atoms with Gasteiger partial charge in [-0.25, -0.2) is 0 Å². The number of ether oxygens (including phenoxy) is 3. The molecule has 0 radical (unpaired) electrons. The fraction of sp³-hybridized carbons (Fsp3) is 0.370. The Balaban J connectivity index is 1.93. The Morgan fingerprint density at radius 2 is 1.62 bits per heavy atom. The monoisotopic (exact) mass is 460 g/mol. The van der Waals surface area contributed by atoms with Crippen molar-refractivity contribution in [2.24, 2.45) is 5.41 Å². The first-order valence-electron chi connectivity index (χ1n) is 11.1. The summed E-state index contributed by atoms with van der Waals surface area (Å²) >= 11 is 0. The molecule has 176 valence electrons. The second-order valence-corrected chi connectivity index (χ2v) is 9.37. The Morgan fingerprint density at radius 1 is 0.941 bits per heavy atom. The van der Waals surface area contributed by atoms with Crippen LogP contribution in [0, 0.1) is 16.7 Å². The van der Waals surface area contributed by atoms with Gasteiger partial charge < -0.3 is 14.2 Å². The molecule has 1 unspecified atom stereocenters. The molecule has 2 aromatic rings. The fourth-order valence-electron chi connectivity index (χ4n) is 5.06. The van der Waals surface area contributed by atoms with E-state index in [-0.39, 0.29) is 23.5 Å². The van der Waals surface area contributed by atoms with Crippen LogP contribution in [0.2, 0.25) is 0 Å². The van der Waals surface area contributed by atoms with E-state index in [1.807, 2.05) is 19.9 Å². The summed E-state index contributed by atoms with van der Waals surface area (Å²) < 4.78 is 16.7. The summed E-state index contributed by atoms with van der Waals surface area (Å²) in [6.45, 7) is 4.08. The average molecular weight is 461 g/mol. The number of carbonyl (C=O) groups is 2. The number of carbonyl (C=O) groups excluding carboxylic acids is 2. The van der Waals surface area contributed by atoms with Crippen molar-refractivity contribution in [2.75, 3.05) is 26.2 Å². The lowest BCUT2D eigenvalue weighted by molar-refractivity contribution is -0.121. The van der Waals surface area contributed by atoms with Crippen LogP contribution in [0.1, 0.15) is 50.2 Å². The number of hydrogen-bond acceptors (Lipinski definition) is 6. The van der Waals surface area contributed by atoms with Gasteiger partial charge in [-0.05, 0) is 42.2 Å². The predicted octanol–water partition coefficient (Wildman–Crippen LogP) is 4.75. The average Bonchev–Trinajstić information content (AvgIpc) is 2.81. The van der Waals surface area contributed by atoms with E-state index in [4.69, 9.17) is 19.5 Å². The predicted molar refractivity (Wildman–Crippen MR) is 127 cm³/mol. The van der Waals surface area contributed by atoms with Crippen LogP contribution in [0.15, 0.2) is 47.7 Å². The highest BCUT2D eigenvalue weighted by Gasteiger charge is 2.45. The lowest BCUT2D eigenvalue weighted by Gasteiger charge is -2.43. The van der Waals surface area contributed by atoms with E-state index in [0.717, 1.165) is 0 Å². The van der Waals surface area contributed by atoms with E-state index >= 15 is 0 Å². The van der Waals surface area contributed by atoms with Crippen LogP contribution in [-0.2, 0) is 9.59 Å². The largest absolute Gasteiger partial charge is 0.493 e. The third kappa shape index (κ3) is 3.90. The standard InChI is InChI=1S/C27H28N2O5/c1-27(2)13-20-24(21(30)14-27)19(18-10-11-22(32-3)26(34-5)25(18)33-4)12-23(31)29(20)17-8-6-16(15-28)7-9-17/h6-11,19H,12-14H2,1-5H3. The van der Waals surface area contributed by atoms with Crippen molar-refractivity contribution in [1.29, 1.82) is 5.26 Å². The summed E-state index contributed by atoms with van der Waals surface area (Å²) in [5, 5.41) is 9.16. The topological polar surface area (TPSA) is 88.9 Å². The van der Waals surface area contributed by atoms with Crippen molar-refractivity contribution in [3.63, 3.8) is 0 Å². The highest BCUT2D eigenvalue weighted by molar-refractivity contribution is 6.08. The van der Waals surface area contributed by atoms with Gasteiger partial charge in [0.2, 0.25) is 11.7 Å². The number of ketones is 1. The van der Waals surface area contributed by atoms with Gasteiger partial charge in [0.25, 0.3) is 0 Å². The molecule has 0 bridgehead atoms. The first-order chi connectivity index (χ1) is 16.2. The number of hydrogen-bond donors (Lipinski definition) is 0. The molecule has 1 amide bonds. The Hall–Kier alpha value is -3.79. The molecule has 0 N–H and O–H groups in total. The van der Waals surface area contributed by atoms with Crippen LogP contribution >= 0.6 is 0 Å². The number of amides is 1. The molecule has 1 atom stereocenters. The van der Waals surface area contributed by atoms with Gasteiger partial charge in [-0.15, -0.1) is 0 Å². The van der Waals surface area contributed by atoms with Crippen molar-refractivity contribution in [3.8, 4) is 23.3 Å². The number of benzene rings is 2. The molecule has 4 rings (SSSR count). The van der Waals surface area contributed by atoms with Gasteiger partial charge in [-0.2, -0.15) is 5.26 Å². The van der Waals surface area contributed by atoms with Crippen LogP contribution in [0.5, 0.6) is 17.2 Å². The van der Waals surface area contributed by atoms with Gasteiger partial charge in [0.05, 0.1) is 33.0 Å². The fourth-order valence-corrected chi connectivity index (χ4v) is 5.06. The minimum Gasteiger partial charge on any atom is -0.493 e. The molecule has 1 aliphatic carbocycles. The molecule has 0 spiro atoms. The van der Waals surface area contributed by atoms with E-state index in [1.165, 1.54) is 14.2 Å². The lowest BCUT2D eigenvalue weighted by atomic mass is 9.69. The summed E-state index contributed by atoms with van der Waals surface area (Å²) in [6, 6.07) is 12.6. The van der Waals surface area contributed by atoms with Crippen molar-refractivity contribution in [3.05, 3.63) is 58.8 Å². The summed E-state index contributed by atoms with van der Waals surface area (Å²) in [5.41, 5.74) is 2.94. The Morgan fingerprint density at radius 3 is 2.21 bits per heavy atom. The van der Waals surface area contributed by atoms with Gasteiger partial charge in [0.1, 0.15) is 0 Å². The third-order valence-electron chi connectivity index (χ3n) is 6.51. The van der Waals surface area contributed by atoms with Gasteiger partial charge in [0.15, 0.2) is 17.3 Å². The molecule has 1 heterocycles. The van der Waals surface area contributed by atoms with E-state index in [1.54, 1.807) is 42.3 Å². The molecule has 7 heteroatoms. The molecule has 34 heavy (non-hydrogen) atoms. The number of methoxy groups -OCH3 is 3. The van der Waals surface area contributed by atoms with E-state index in [2.05, 4.69) is 6.07 Å². The van der Waals surface area contributed by atoms with Crippen LogP contribution in [-0.4, -0.2) is 33.0 Å². The zero-order chi connectivity index (χ0) is 24.6. The zero-order valence-electron chi connectivity index (χ0n) is 20.1. The second kappa shape index (κ2) is 8.86. The normalized spacial score (nSPS) is 19.4. The van der Waals surface area contributed by atoms with Gasteiger partial charge in [0, 0.05) is 41.3 Å². The van der Waals surface area contributed by atoms with Gasteiger partial charge in [-0.3, -0.25) is 14.5 Å². The first-order valence-corrected chi connectivity index (χ1v) is 11.1. The maximum atomic E-state index is 13.6. The van der Waals surface area contributed by atoms with Crippen LogP contribution in [0.3, 0.4) is 0 Å². The molecule has 7 nitrogen and oxygen atoms in total. The molecular weight excluding hydrogens is 432 g/mol. The molecule has 0 aromatic heterocycles. The van der Waals surface area contributed by atoms with Crippen molar-refractivity contribution in [2.45, 2.75) is 39.0 Å². The molecule has 1 aliphatic heterocycles. The number of rotatable bonds is 5. The maximum absolute atomic E-state index is 13.6. The first kappa shape index (κ1) is 23.4. The van der Waals surface area contributed by atoms with Crippen molar-refractivity contribution >= 4 is 17.4 Å². The van der Waals surface area contributed by atoms with E-state index in [0.29, 0.717) is 58.2 Å². The minimum atomic E-state index is -0.463. The molecule has 0 fully saturated rings. The molecule has 0 saturated carbocycles. The Bertz CT molecular complexity index is 1220. The Kier molecular flexibility index (Phi) is 6.09. The van der Waals surface area contributed by atoms with Gasteiger partial charge >= 0.3 is 0 Å². The van der Waals surface area contributed by atoms with Crippen LogP contribution < -0.4 is 19.1 Å². The lowest BCUT2D eigenvalue weighted by Crippen LogP contribution is -2.43. The smallest absolute Gasteiger partial charge is 0.232 e. The van der Waals surface area contributed by atoms with Crippen molar-refractivity contribution < 1.29 is 23.8 Å². The number of Topliss-reactive ketones (excluding diaryl/α,β-unsaturated/α-hetero) is 1. The molecule has 2 aliphatic rings. The highest BCUT2D eigenvalue weighted by atomic mass is 16.5. The number of anilines is 1. The minimum absolute atomic E-state index is 0.0271. The van der Waals surface area contributed by atoms with Crippen LogP contribution in [0.25, 0.3) is 0 Å². The molecular formula is C27H28N2O5. The second-order valence-electron chi connectivity index (χ2n) is 9.37. The van der Waals surface area contributed by atoms with E-state index in [9.17, 15) is 9.59 Å². The number of allylic oxidation sites excluding steroid dienone is 2. The molecule has 2 aromatic carbocycles. The molecule has 0 saturated heterocycles. The van der Waals surface area contributed by atoms with Crippen molar-refractivity contribution in [1.82, 2.24) is 0 Å². The zero-order valence-corrected chi connectivity index (χ0v) is 20.1. The summed E-state index contributed by atoms with van der Waals surface area (Å²) in [5.74, 6) is 0.839. The summed E-state index contributed by atoms with van der Waals surface area (Å²) in [6.07, 6.45) is 1.08. The third-order valence-corrected chi connectivity index (χ3v) is 6.51. The SMILES string of the molecule is COc1ccc(C2CC(=O)N(c3ccc(C#N)cc3)C3=C2C(=O)CC(C)(C)C3)c(OC)c1OC.